The first-order valence-corrected chi connectivity index (χ1v) is 9.54. The van der Waals surface area contributed by atoms with Crippen LogP contribution in [0.2, 0.25) is 0 Å². The fourth-order valence-electron chi connectivity index (χ4n) is 2.97. The Labute approximate surface area is 162 Å². The molecule has 1 aromatic heterocycles. The predicted molar refractivity (Wildman–Crippen MR) is 108 cm³/mol. The summed E-state index contributed by atoms with van der Waals surface area (Å²) in [5, 5.41) is 6.78. The van der Waals surface area contributed by atoms with Crippen LogP contribution in [0.25, 0.3) is 0 Å². The maximum Gasteiger partial charge on any atom is 0.410 e. The Kier molecular flexibility index (Phi) is 7.05. The first-order chi connectivity index (χ1) is 12.7. The van der Waals surface area contributed by atoms with Gasteiger partial charge in [0.05, 0.1) is 6.04 Å². The molecule has 1 saturated heterocycles. The molecule has 27 heavy (non-hydrogen) atoms. The number of ether oxygens (including phenoxy) is 1. The summed E-state index contributed by atoms with van der Waals surface area (Å²) in [5.74, 6) is 1.57. The summed E-state index contributed by atoms with van der Waals surface area (Å²) in [6.45, 7) is 12.0. The fourth-order valence-corrected chi connectivity index (χ4v) is 2.97. The lowest BCUT2D eigenvalue weighted by atomic mass is 9.89. The number of rotatable bonds is 5. The van der Waals surface area contributed by atoms with Crippen LogP contribution in [0.4, 0.5) is 4.79 Å². The van der Waals surface area contributed by atoms with E-state index in [9.17, 15) is 4.79 Å². The highest BCUT2D eigenvalue weighted by atomic mass is 16.6. The average molecular weight is 376 g/mol. The van der Waals surface area contributed by atoms with Gasteiger partial charge >= 0.3 is 6.09 Å². The summed E-state index contributed by atoms with van der Waals surface area (Å²) < 4.78 is 5.38. The number of aromatic nitrogens is 1. The Hall–Kier alpha value is -2.31. The van der Waals surface area contributed by atoms with Crippen LogP contribution in [0.5, 0.6) is 0 Å². The van der Waals surface area contributed by atoms with E-state index in [1.165, 1.54) is 5.56 Å². The first kappa shape index (κ1) is 21.0. The lowest BCUT2D eigenvalue weighted by molar-refractivity contribution is 0.00701. The molecule has 2 heterocycles. The van der Waals surface area contributed by atoms with Gasteiger partial charge < -0.3 is 20.3 Å². The van der Waals surface area contributed by atoms with Crippen molar-refractivity contribution >= 4 is 12.1 Å². The molecule has 7 heteroatoms. The maximum absolute atomic E-state index is 12.0. The molecule has 0 radical (unpaired) electrons. The number of nitrogens with zero attached hydrogens (tertiary/aromatic N) is 3. The van der Waals surface area contributed by atoms with Gasteiger partial charge in [0.2, 0.25) is 0 Å². The lowest BCUT2D eigenvalue weighted by Crippen LogP contribution is -2.63. The SMILES string of the molecule is CN=C(NCC(c1cccnc1)C(C)C)NC1CN(C(=O)OC(C)(C)C)C1. The van der Waals surface area contributed by atoms with E-state index in [2.05, 4.69) is 40.5 Å². The minimum Gasteiger partial charge on any atom is -0.444 e. The number of aliphatic imine (C=N–C) groups is 1. The Morgan fingerprint density at radius 1 is 1.41 bits per heavy atom. The van der Waals surface area contributed by atoms with E-state index in [1.54, 1.807) is 18.1 Å². The molecule has 1 amide bonds. The largest absolute Gasteiger partial charge is 0.444 e. The lowest BCUT2D eigenvalue weighted by Gasteiger charge is -2.40. The van der Waals surface area contributed by atoms with Crippen LogP contribution in [0, 0.1) is 5.92 Å². The molecule has 0 aliphatic carbocycles. The van der Waals surface area contributed by atoms with E-state index in [1.807, 2.05) is 33.0 Å². The predicted octanol–water partition coefficient (Wildman–Crippen LogP) is 2.61. The molecule has 2 rings (SSSR count). The van der Waals surface area contributed by atoms with E-state index in [0.717, 1.165) is 12.5 Å². The minimum atomic E-state index is -0.467. The van der Waals surface area contributed by atoms with Gasteiger partial charge in [-0.05, 0) is 38.3 Å². The van der Waals surface area contributed by atoms with Crippen LogP contribution in [-0.4, -0.2) is 60.3 Å². The number of carbonyl (C=O) groups excluding carboxylic acids is 1. The number of nitrogens with one attached hydrogen (secondary N) is 2. The fraction of sp³-hybridized carbons (Fsp3) is 0.650. The van der Waals surface area contributed by atoms with Crippen LogP contribution in [0.15, 0.2) is 29.5 Å². The van der Waals surface area contributed by atoms with Crippen LogP contribution >= 0.6 is 0 Å². The van der Waals surface area contributed by atoms with Gasteiger partial charge in [-0.25, -0.2) is 4.79 Å². The highest BCUT2D eigenvalue weighted by Gasteiger charge is 2.34. The molecule has 0 bridgehead atoms. The van der Waals surface area contributed by atoms with Crippen molar-refractivity contribution in [1.82, 2.24) is 20.5 Å². The number of carbonyl (C=O) groups is 1. The minimum absolute atomic E-state index is 0.180. The van der Waals surface area contributed by atoms with Crippen LogP contribution in [0.1, 0.15) is 46.1 Å². The van der Waals surface area contributed by atoms with Crippen molar-refractivity contribution in [2.75, 3.05) is 26.7 Å². The molecule has 150 valence electrons. The van der Waals surface area contributed by atoms with Gasteiger partial charge in [-0.2, -0.15) is 0 Å². The Morgan fingerprint density at radius 2 is 2.11 bits per heavy atom. The third-order valence-corrected chi connectivity index (χ3v) is 4.50. The van der Waals surface area contributed by atoms with Crippen molar-refractivity contribution in [3.8, 4) is 0 Å². The van der Waals surface area contributed by atoms with Gasteiger partial charge in [-0.3, -0.25) is 9.98 Å². The smallest absolute Gasteiger partial charge is 0.410 e. The van der Waals surface area contributed by atoms with Crippen LogP contribution in [-0.2, 0) is 4.74 Å². The average Bonchev–Trinajstić information content (AvgIpc) is 2.54. The number of likely N-dealkylation sites (tertiary alicyclic amines) is 1. The molecule has 1 aliphatic heterocycles. The number of pyridine rings is 1. The molecule has 1 unspecified atom stereocenters. The number of amides is 1. The molecule has 0 spiro atoms. The van der Waals surface area contributed by atoms with Gasteiger partial charge in [-0.15, -0.1) is 0 Å². The van der Waals surface area contributed by atoms with Crippen LogP contribution in [0.3, 0.4) is 0 Å². The number of guanidine groups is 1. The molecule has 7 nitrogen and oxygen atoms in total. The van der Waals surface area contributed by atoms with E-state index in [0.29, 0.717) is 24.9 Å². The third-order valence-electron chi connectivity index (χ3n) is 4.50. The van der Waals surface area contributed by atoms with Gasteiger partial charge in [0.15, 0.2) is 5.96 Å². The summed E-state index contributed by atoms with van der Waals surface area (Å²) in [4.78, 5) is 22.3. The standard InChI is InChI=1S/C20H33N5O2/c1-14(2)17(15-8-7-9-22-10-15)11-23-18(21-6)24-16-12-25(13-16)19(26)27-20(3,4)5/h7-10,14,16-17H,11-13H2,1-6H3,(H2,21,23,24). The molecule has 1 atom stereocenters. The second kappa shape index (κ2) is 9.06. The van der Waals surface area contributed by atoms with Gasteiger partial charge in [0.25, 0.3) is 0 Å². The van der Waals surface area contributed by atoms with Crippen molar-refractivity contribution in [2.24, 2.45) is 10.9 Å². The van der Waals surface area contributed by atoms with E-state index in [4.69, 9.17) is 4.74 Å². The summed E-state index contributed by atoms with van der Waals surface area (Å²) in [7, 11) is 1.76. The maximum atomic E-state index is 12.0. The number of hydrogen-bond acceptors (Lipinski definition) is 4. The van der Waals surface area contributed by atoms with Crippen molar-refractivity contribution in [1.29, 1.82) is 0 Å². The quantitative estimate of drug-likeness (QED) is 0.611. The first-order valence-electron chi connectivity index (χ1n) is 9.54. The van der Waals surface area contributed by atoms with E-state index < -0.39 is 5.60 Å². The Balaban J connectivity index is 1.81. The second-order valence-corrected chi connectivity index (χ2v) is 8.32. The third kappa shape index (κ3) is 6.41. The summed E-state index contributed by atoms with van der Waals surface area (Å²) in [6, 6.07) is 4.26. The Bertz CT molecular complexity index is 634. The molecule has 2 N–H and O–H groups in total. The molecular weight excluding hydrogens is 342 g/mol. The van der Waals surface area contributed by atoms with Crippen molar-refractivity contribution in [3.05, 3.63) is 30.1 Å². The van der Waals surface area contributed by atoms with Crippen molar-refractivity contribution < 1.29 is 9.53 Å². The van der Waals surface area contributed by atoms with Gasteiger partial charge in [0.1, 0.15) is 5.60 Å². The molecule has 1 aliphatic rings. The summed E-state index contributed by atoms with van der Waals surface area (Å²) in [5.41, 5.74) is 0.751. The Morgan fingerprint density at radius 3 is 2.63 bits per heavy atom. The zero-order chi connectivity index (χ0) is 20.0. The number of hydrogen-bond donors (Lipinski definition) is 2. The summed E-state index contributed by atoms with van der Waals surface area (Å²) in [6.07, 6.45) is 3.45. The van der Waals surface area contributed by atoms with Crippen LogP contribution < -0.4 is 10.6 Å². The van der Waals surface area contributed by atoms with Gasteiger partial charge in [-0.1, -0.05) is 19.9 Å². The second-order valence-electron chi connectivity index (χ2n) is 8.32. The van der Waals surface area contributed by atoms with Crippen molar-refractivity contribution in [3.63, 3.8) is 0 Å². The zero-order valence-corrected chi connectivity index (χ0v) is 17.3. The normalized spacial score (nSPS) is 16.7. The summed E-state index contributed by atoms with van der Waals surface area (Å²) >= 11 is 0. The highest BCUT2D eigenvalue weighted by Crippen LogP contribution is 2.22. The molecule has 0 saturated carbocycles. The topological polar surface area (TPSA) is 78.9 Å². The zero-order valence-electron chi connectivity index (χ0n) is 17.3. The van der Waals surface area contributed by atoms with E-state index in [-0.39, 0.29) is 12.1 Å². The molecule has 1 fully saturated rings. The van der Waals surface area contributed by atoms with E-state index >= 15 is 0 Å². The highest BCUT2D eigenvalue weighted by molar-refractivity contribution is 5.80. The molecule has 0 aromatic carbocycles. The van der Waals surface area contributed by atoms with Crippen molar-refractivity contribution in [2.45, 2.75) is 52.2 Å². The monoisotopic (exact) mass is 375 g/mol. The molecule has 1 aromatic rings. The molecular formula is C20H33N5O2. The van der Waals surface area contributed by atoms with Gasteiger partial charge in [0, 0.05) is 45.0 Å².